The normalized spacial score (nSPS) is 10.6. The number of nitrogens with zero attached hydrogens (tertiary/aromatic N) is 3. The fourth-order valence-corrected chi connectivity index (χ4v) is 1.89. The van der Waals surface area contributed by atoms with Crippen molar-refractivity contribution in [3.05, 3.63) is 64.8 Å². The predicted octanol–water partition coefficient (Wildman–Crippen LogP) is 1.93. The third kappa shape index (κ3) is 2.06. The standard InChI is InChI=1S/C14H12N4O/c1-10-7-8-15-14(17-10)18-13(19)12(9-16-18)11-5-3-2-4-6-11/h2-9,16H,1H3. The Morgan fingerprint density at radius 3 is 2.68 bits per heavy atom. The average molecular weight is 252 g/mol. The van der Waals surface area contributed by atoms with Crippen LogP contribution in [0.2, 0.25) is 0 Å². The summed E-state index contributed by atoms with van der Waals surface area (Å²) in [5.41, 5.74) is 2.13. The zero-order valence-electron chi connectivity index (χ0n) is 10.4. The highest BCUT2D eigenvalue weighted by molar-refractivity contribution is 5.61. The van der Waals surface area contributed by atoms with Gasteiger partial charge in [-0.3, -0.25) is 9.89 Å². The van der Waals surface area contributed by atoms with Gasteiger partial charge in [-0.1, -0.05) is 30.3 Å². The number of H-pyrrole nitrogens is 1. The van der Waals surface area contributed by atoms with Gasteiger partial charge in [0.05, 0.1) is 5.56 Å². The minimum Gasteiger partial charge on any atom is -0.295 e. The van der Waals surface area contributed by atoms with E-state index in [9.17, 15) is 4.79 Å². The van der Waals surface area contributed by atoms with Gasteiger partial charge in [0.1, 0.15) is 0 Å². The number of rotatable bonds is 2. The Balaban J connectivity index is 2.12. The molecule has 2 heterocycles. The van der Waals surface area contributed by atoms with Crippen LogP contribution in [0.5, 0.6) is 0 Å². The van der Waals surface area contributed by atoms with Crippen molar-refractivity contribution < 1.29 is 0 Å². The molecular weight excluding hydrogens is 240 g/mol. The van der Waals surface area contributed by atoms with Gasteiger partial charge in [-0.05, 0) is 18.6 Å². The van der Waals surface area contributed by atoms with E-state index in [4.69, 9.17) is 0 Å². The Kier molecular flexibility index (Phi) is 2.72. The van der Waals surface area contributed by atoms with Crippen molar-refractivity contribution in [3.8, 4) is 17.1 Å². The van der Waals surface area contributed by atoms with E-state index in [1.54, 1.807) is 18.5 Å². The molecule has 0 amide bonds. The molecule has 3 rings (SSSR count). The van der Waals surface area contributed by atoms with Gasteiger partial charge < -0.3 is 0 Å². The Bertz CT molecular complexity index is 758. The lowest BCUT2D eigenvalue weighted by molar-refractivity contribution is 0.778. The molecule has 0 bridgehead atoms. The molecule has 0 atom stereocenters. The van der Waals surface area contributed by atoms with E-state index in [0.29, 0.717) is 11.5 Å². The quantitative estimate of drug-likeness (QED) is 0.758. The van der Waals surface area contributed by atoms with Crippen LogP contribution in [-0.2, 0) is 0 Å². The highest BCUT2D eigenvalue weighted by Gasteiger charge is 2.11. The fraction of sp³-hybridized carbons (Fsp3) is 0.0714. The number of hydrogen-bond donors (Lipinski definition) is 1. The van der Waals surface area contributed by atoms with Crippen LogP contribution in [0.15, 0.2) is 53.6 Å². The van der Waals surface area contributed by atoms with Crippen molar-refractivity contribution in [2.45, 2.75) is 6.92 Å². The van der Waals surface area contributed by atoms with Gasteiger partial charge in [0.15, 0.2) is 0 Å². The molecule has 0 fully saturated rings. The number of hydrogen-bond acceptors (Lipinski definition) is 3. The highest BCUT2D eigenvalue weighted by atomic mass is 16.1. The largest absolute Gasteiger partial charge is 0.295 e. The summed E-state index contributed by atoms with van der Waals surface area (Å²) in [4.78, 5) is 20.7. The van der Waals surface area contributed by atoms with Gasteiger partial charge in [0.2, 0.25) is 0 Å². The summed E-state index contributed by atoms with van der Waals surface area (Å²) >= 11 is 0. The van der Waals surface area contributed by atoms with Crippen LogP contribution < -0.4 is 5.56 Å². The summed E-state index contributed by atoms with van der Waals surface area (Å²) in [5, 5.41) is 2.90. The molecule has 0 saturated carbocycles. The molecule has 5 nitrogen and oxygen atoms in total. The van der Waals surface area contributed by atoms with Crippen molar-refractivity contribution in [2.24, 2.45) is 0 Å². The molecule has 94 valence electrons. The van der Waals surface area contributed by atoms with E-state index in [2.05, 4.69) is 15.1 Å². The summed E-state index contributed by atoms with van der Waals surface area (Å²) in [7, 11) is 0. The Morgan fingerprint density at radius 1 is 1.16 bits per heavy atom. The second kappa shape index (κ2) is 4.53. The molecule has 1 N–H and O–H groups in total. The maximum atomic E-state index is 12.3. The number of aryl methyl sites for hydroxylation is 1. The van der Waals surface area contributed by atoms with E-state index in [1.807, 2.05) is 37.3 Å². The zero-order chi connectivity index (χ0) is 13.2. The SMILES string of the molecule is Cc1ccnc(-n2[nH]cc(-c3ccccc3)c2=O)n1. The van der Waals surface area contributed by atoms with Crippen LogP contribution >= 0.6 is 0 Å². The van der Waals surface area contributed by atoms with Crippen molar-refractivity contribution in [1.82, 2.24) is 19.7 Å². The molecule has 0 radical (unpaired) electrons. The Labute approximate surface area is 109 Å². The lowest BCUT2D eigenvalue weighted by Gasteiger charge is -1.99. The molecule has 2 aromatic heterocycles. The number of aromatic amines is 1. The number of nitrogens with one attached hydrogen (secondary N) is 1. The minimum atomic E-state index is -0.156. The monoisotopic (exact) mass is 252 g/mol. The number of benzene rings is 1. The predicted molar refractivity (Wildman–Crippen MR) is 72.2 cm³/mol. The lowest BCUT2D eigenvalue weighted by atomic mass is 10.1. The molecule has 3 aromatic rings. The van der Waals surface area contributed by atoms with E-state index in [1.165, 1.54) is 4.68 Å². The van der Waals surface area contributed by atoms with Crippen LogP contribution in [-0.4, -0.2) is 19.7 Å². The van der Waals surface area contributed by atoms with E-state index < -0.39 is 0 Å². The van der Waals surface area contributed by atoms with Crippen molar-refractivity contribution in [1.29, 1.82) is 0 Å². The summed E-state index contributed by atoms with van der Waals surface area (Å²) in [6.07, 6.45) is 3.30. The first-order chi connectivity index (χ1) is 9.25. The molecular formula is C14H12N4O. The van der Waals surface area contributed by atoms with Gasteiger partial charge >= 0.3 is 0 Å². The van der Waals surface area contributed by atoms with Crippen molar-refractivity contribution in [2.75, 3.05) is 0 Å². The topological polar surface area (TPSA) is 63.6 Å². The molecule has 5 heteroatoms. The second-order valence-electron chi connectivity index (χ2n) is 4.19. The maximum Gasteiger partial charge on any atom is 0.281 e. The van der Waals surface area contributed by atoms with Crippen LogP contribution in [0.3, 0.4) is 0 Å². The van der Waals surface area contributed by atoms with Crippen LogP contribution in [0.1, 0.15) is 5.69 Å². The molecule has 0 saturated heterocycles. The molecule has 0 aliphatic heterocycles. The third-order valence-electron chi connectivity index (χ3n) is 2.84. The minimum absolute atomic E-state index is 0.156. The van der Waals surface area contributed by atoms with Crippen LogP contribution in [0.4, 0.5) is 0 Å². The van der Waals surface area contributed by atoms with Gasteiger partial charge in [0, 0.05) is 18.1 Å². The average Bonchev–Trinajstić information content (AvgIpc) is 2.81. The van der Waals surface area contributed by atoms with Crippen molar-refractivity contribution in [3.63, 3.8) is 0 Å². The lowest BCUT2D eigenvalue weighted by Crippen LogP contribution is -2.18. The Hall–Kier alpha value is -2.69. The second-order valence-corrected chi connectivity index (χ2v) is 4.19. The van der Waals surface area contributed by atoms with Gasteiger partial charge in [0.25, 0.3) is 11.5 Å². The first kappa shape index (κ1) is 11.4. The Morgan fingerprint density at radius 2 is 1.95 bits per heavy atom. The fourth-order valence-electron chi connectivity index (χ4n) is 1.89. The van der Waals surface area contributed by atoms with Gasteiger partial charge in [-0.25, -0.2) is 9.97 Å². The van der Waals surface area contributed by atoms with Crippen LogP contribution in [0, 0.1) is 6.92 Å². The summed E-state index contributed by atoms with van der Waals surface area (Å²) in [6, 6.07) is 11.3. The van der Waals surface area contributed by atoms with Crippen molar-refractivity contribution >= 4 is 0 Å². The first-order valence-electron chi connectivity index (χ1n) is 5.91. The smallest absolute Gasteiger partial charge is 0.281 e. The molecule has 0 aliphatic carbocycles. The number of aromatic nitrogens is 4. The molecule has 0 spiro atoms. The third-order valence-corrected chi connectivity index (χ3v) is 2.84. The molecule has 0 aliphatic rings. The van der Waals surface area contributed by atoms with Gasteiger partial charge in [-0.15, -0.1) is 0 Å². The highest BCUT2D eigenvalue weighted by Crippen LogP contribution is 2.14. The summed E-state index contributed by atoms with van der Waals surface area (Å²) in [6.45, 7) is 1.86. The molecule has 1 aromatic carbocycles. The zero-order valence-corrected chi connectivity index (χ0v) is 10.4. The van der Waals surface area contributed by atoms with E-state index in [-0.39, 0.29) is 5.56 Å². The van der Waals surface area contributed by atoms with Gasteiger partial charge in [-0.2, -0.15) is 4.68 Å². The summed E-state index contributed by atoms with van der Waals surface area (Å²) in [5.74, 6) is 0.354. The van der Waals surface area contributed by atoms with E-state index >= 15 is 0 Å². The van der Waals surface area contributed by atoms with E-state index in [0.717, 1.165) is 11.3 Å². The maximum absolute atomic E-state index is 12.3. The molecule has 0 unspecified atom stereocenters. The van der Waals surface area contributed by atoms with Crippen LogP contribution in [0.25, 0.3) is 17.1 Å². The molecule has 19 heavy (non-hydrogen) atoms. The first-order valence-corrected chi connectivity index (χ1v) is 5.91. The summed E-state index contributed by atoms with van der Waals surface area (Å²) < 4.78 is 1.34.